The molecular formula is C16H23FN2O2. The Bertz CT molecular complexity index is 460. The minimum absolute atomic E-state index is 0.00376. The molecule has 5 heteroatoms. The van der Waals surface area contributed by atoms with Crippen LogP contribution >= 0.6 is 0 Å². The molecule has 0 saturated carbocycles. The summed E-state index contributed by atoms with van der Waals surface area (Å²) in [6.07, 6.45) is 1.08. The normalized spacial score (nSPS) is 10.7. The molecule has 0 aromatic heterocycles. The number of amides is 1. The zero-order valence-corrected chi connectivity index (χ0v) is 12.7. The van der Waals surface area contributed by atoms with Crippen molar-refractivity contribution >= 4 is 11.7 Å². The molecule has 0 saturated heterocycles. The van der Waals surface area contributed by atoms with Gasteiger partial charge in [-0.1, -0.05) is 6.92 Å². The summed E-state index contributed by atoms with van der Waals surface area (Å²) in [7, 11) is 0. The molecule has 0 radical (unpaired) electrons. The smallest absolute Gasteiger partial charge is 0.234 e. The van der Waals surface area contributed by atoms with Crippen molar-refractivity contribution in [2.45, 2.75) is 26.7 Å². The van der Waals surface area contributed by atoms with Gasteiger partial charge in [-0.2, -0.15) is 0 Å². The van der Waals surface area contributed by atoms with Gasteiger partial charge in [0, 0.05) is 18.5 Å². The number of hydrogen-bond donors (Lipinski definition) is 1. The highest BCUT2D eigenvalue weighted by molar-refractivity contribution is 5.95. The Balaban J connectivity index is 2.35. The summed E-state index contributed by atoms with van der Waals surface area (Å²) in [5, 5.41) is 2.76. The molecule has 0 bridgehead atoms. The number of ketones is 1. The number of carbonyl (C=O) groups excluding carboxylic acids is 2. The van der Waals surface area contributed by atoms with E-state index in [0.717, 1.165) is 6.54 Å². The molecule has 0 heterocycles. The third-order valence-corrected chi connectivity index (χ3v) is 3.23. The van der Waals surface area contributed by atoms with E-state index in [1.165, 1.54) is 24.3 Å². The van der Waals surface area contributed by atoms with Crippen LogP contribution in [0.3, 0.4) is 0 Å². The summed E-state index contributed by atoms with van der Waals surface area (Å²) in [5.41, 5.74) is 0.531. The van der Waals surface area contributed by atoms with Crippen molar-refractivity contribution in [2.75, 3.05) is 26.2 Å². The van der Waals surface area contributed by atoms with E-state index in [-0.39, 0.29) is 17.5 Å². The molecule has 21 heavy (non-hydrogen) atoms. The molecule has 0 unspecified atom stereocenters. The lowest BCUT2D eigenvalue weighted by atomic mass is 10.1. The Hall–Kier alpha value is -1.75. The molecule has 1 amide bonds. The molecule has 1 N–H and O–H groups in total. The number of nitrogens with one attached hydrogen (secondary N) is 1. The van der Waals surface area contributed by atoms with Gasteiger partial charge in [0.15, 0.2) is 5.78 Å². The maximum atomic E-state index is 12.8. The van der Waals surface area contributed by atoms with Gasteiger partial charge in [-0.3, -0.25) is 14.5 Å². The minimum atomic E-state index is -0.342. The largest absolute Gasteiger partial charge is 0.355 e. The molecule has 0 fully saturated rings. The average molecular weight is 294 g/mol. The highest BCUT2D eigenvalue weighted by Crippen LogP contribution is 2.08. The number of Topliss-reactive ketones (excluding diaryl/α,β-unsaturated/α-hetero) is 1. The lowest BCUT2D eigenvalue weighted by Crippen LogP contribution is -2.37. The molecule has 116 valence electrons. The molecule has 0 aliphatic rings. The van der Waals surface area contributed by atoms with Crippen molar-refractivity contribution < 1.29 is 14.0 Å². The second-order valence-corrected chi connectivity index (χ2v) is 4.86. The fourth-order valence-corrected chi connectivity index (χ4v) is 2.05. The van der Waals surface area contributed by atoms with E-state index < -0.39 is 0 Å². The van der Waals surface area contributed by atoms with E-state index in [4.69, 9.17) is 0 Å². The summed E-state index contributed by atoms with van der Waals surface area (Å²) >= 11 is 0. The van der Waals surface area contributed by atoms with E-state index in [1.54, 1.807) is 0 Å². The summed E-state index contributed by atoms with van der Waals surface area (Å²) in [5.74, 6) is -0.334. The second-order valence-electron chi connectivity index (χ2n) is 4.86. The van der Waals surface area contributed by atoms with Crippen LogP contribution in [0.2, 0.25) is 0 Å². The first-order valence-corrected chi connectivity index (χ1v) is 7.34. The summed E-state index contributed by atoms with van der Waals surface area (Å²) in [4.78, 5) is 25.4. The van der Waals surface area contributed by atoms with Gasteiger partial charge in [-0.15, -0.1) is 0 Å². The van der Waals surface area contributed by atoms with Crippen LogP contribution in [0.5, 0.6) is 0 Å². The molecule has 1 aromatic rings. The maximum absolute atomic E-state index is 12.8. The third kappa shape index (κ3) is 6.49. The van der Waals surface area contributed by atoms with Gasteiger partial charge in [0.1, 0.15) is 5.82 Å². The molecule has 4 nitrogen and oxygen atoms in total. The van der Waals surface area contributed by atoms with Crippen LogP contribution in [-0.2, 0) is 4.79 Å². The predicted molar refractivity (Wildman–Crippen MR) is 80.8 cm³/mol. The van der Waals surface area contributed by atoms with Gasteiger partial charge in [0.25, 0.3) is 0 Å². The minimum Gasteiger partial charge on any atom is -0.355 e. The lowest BCUT2D eigenvalue weighted by Gasteiger charge is -2.19. The molecule has 1 aromatic carbocycles. The maximum Gasteiger partial charge on any atom is 0.234 e. The Kier molecular flexibility index (Phi) is 7.61. The van der Waals surface area contributed by atoms with Crippen molar-refractivity contribution in [3.63, 3.8) is 0 Å². The highest BCUT2D eigenvalue weighted by Gasteiger charge is 2.10. The van der Waals surface area contributed by atoms with E-state index in [0.29, 0.717) is 38.0 Å². The van der Waals surface area contributed by atoms with Crippen molar-refractivity contribution in [3.8, 4) is 0 Å². The van der Waals surface area contributed by atoms with Crippen LogP contribution in [-0.4, -0.2) is 42.8 Å². The highest BCUT2D eigenvalue weighted by atomic mass is 19.1. The SMILES string of the molecule is CCNC(=O)CN(CC)CCCC(=O)c1ccc(F)cc1. The lowest BCUT2D eigenvalue weighted by molar-refractivity contribution is -0.122. The van der Waals surface area contributed by atoms with Crippen LogP contribution in [0.25, 0.3) is 0 Å². The molecular weight excluding hydrogens is 271 g/mol. The first-order chi connectivity index (χ1) is 10.1. The molecule has 0 aliphatic heterocycles. The summed E-state index contributed by atoms with van der Waals surface area (Å²) < 4.78 is 12.8. The zero-order chi connectivity index (χ0) is 15.7. The van der Waals surface area contributed by atoms with Crippen LogP contribution in [0, 0.1) is 5.82 Å². The molecule has 1 rings (SSSR count). The van der Waals surface area contributed by atoms with E-state index in [1.807, 2.05) is 18.7 Å². The van der Waals surface area contributed by atoms with Gasteiger partial charge in [0.05, 0.1) is 6.54 Å². The predicted octanol–water partition coefficient (Wildman–Crippen LogP) is 2.25. The third-order valence-electron chi connectivity index (χ3n) is 3.23. The van der Waals surface area contributed by atoms with Gasteiger partial charge < -0.3 is 5.32 Å². The van der Waals surface area contributed by atoms with Crippen molar-refractivity contribution in [1.82, 2.24) is 10.2 Å². The Morgan fingerprint density at radius 1 is 1.19 bits per heavy atom. The number of nitrogens with zero attached hydrogens (tertiary/aromatic N) is 1. The van der Waals surface area contributed by atoms with Crippen LogP contribution < -0.4 is 5.32 Å². The second kappa shape index (κ2) is 9.23. The standard InChI is InChI=1S/C16H23FN2O2/c1-3-18-16(21)12-19(4-2)11-5-6-15(20)13-7-9-14(17)10-8-13/h7-10H,3-6,11-12H2,1-2H3,(H,18,21). The quantitative estimate of drug-likeness (QED) is 0.711. The van der Waals surface area contributed by atoms with Crippen LogP contribution in [0.4, 0.5) is 4.39 Å². The number of halogens is 1. The molecule has 0 atom stereocenters. The fraction of sp³-hybridized carbons (Fsp3) is 0.500. The number of likely N-dealkylation sites (N-methyl/N-ethyl adjacent to an activating group) is 2. The van der Waals surface area contributed by atoms with E-state index in [2.05, 4.69) is 5.32 Å². The summed E-state index contributed by atoms with van der Waals surface area (Å²) in [6, 6.07) is 5.59. The van der Waals surface area contributed by atoms with E-state index >= 15 is 0 Å². The zero-order valence-electron chi connectivity index (χ0n) is 12.7. The summed E-state index contributed by atoms with van der Waals surface area (Å²) in [6.45, 7) is 6.31. The molecule has 0 spiro atoms. The van der Waals surface area contributed by atoms with Crippen molar-refractivity contribution in [3.05, 3.63) is 35.6 Å². The first-order valence-electron chi connectivity index (χ1n) is 7.34. The topological polar surface area (TPSA) is 49.4 Å². The average Bonchev–Trinajstić information content (AvgIpc) is 2.47. The van der Waals surface area contributed by atoms with Crippen LogP contribution in [0.15, 0.2) is 24.3 Å². The van der Waals surface area contributed by atoms with Crippen LogP contribution in [0.1, 0.15) is 37.0 Å². The number of benzene rings is 1. The monoisotopic (exact) mass is 294 g/mol. The van der Waals surface area contributed by atoms with Crippen molar-refractivity contribution in [2.24, 2.45) is 0 Å². The van der Waals surface area contributed by atoms with Crippen molar-refractivity contribution in [1.29, 1.82) is 0 Å². The van der Waals surface area contributed by atoms with Gasteiger partial charge in [-0.05, 0) is 50.7 Å². The fourth-order valence-electron chi connectivity index (χ4n) is 2.05. The number of carbonyl (C=O) groups is 2. The Morgan fingerprint density at radius 2 is 1.86 bits per heavy atom. The van der Waals surface area contributed by atoms with E-state index in [9.17, 15) is 14.0 Å². The number of hydrogen-bond acceptors (Lipinski definition) is 3. The van der Waals surface area contributed by atoms with Gasteiger partial charge >= 0.3 is 0 Å². The Morgan fingerprint density at radius 3 is 2.43 bits per heavy atom. The van der Waals surface area contributed by atoms with Gasteiger partial charge in [0.2, 0.25) is 5.91 Å². The first kappa shape index (κ1) is 17.3. The molecule has 0 aliphatic carbocycles. The number of rotatable bonds is 9. The van der Waals surface area contributed by atoms with Gasteiger partial charge in [-0.25, -0.2) is 4.39 Å². The Labute approximate surface area is 125 Å².